The van der Waals surface area contributed by atoms with Crippen molar-refractivity contribution in [3.05, 3.63) is 217 Å². The molecule has 0 saturated carbocycles. The van der Waals surface area contributed by atoms with Gasteiger partial charge in [-0.05, 0) is 94.9 Å². The average molecular weight is 732 g/mol. The van der Waals surface area contributed by atoms with Gasteiger partial charge in [0.15, 0.2) is 5.84 Å². The first kappa shape index (κ1) is 34.0. The Balaban J connectivity index is 1.09. The van der Waals surface area contributed by atoms with Gasteiger partial charge in [0.2, 0.25) is 0 Å². The molecule has 2 heterocycles. The van der Waals surface area contributed by atoms with Crippen molar-refractivity contribution in [1.29, 1.82) is 0 Å². The summed E-state index contributed by atoms with van der Waals surface area (Å²) in [6.07, 6.45) is 0. The smallest absolute Gasteiger partial charge is 0.160 e. The third kappa shape index (κ3) is 6.24. The van der Waals surface area contributed by atoms with Crippen LogP contribution in [0.2, 0.25) is 0 Å². The molecule has 2 aromatic heterocycles. The molecular weight excluding hydrogens is 695 g/mol. The van der Waals surface area contributed by atoms with E-state index < -0.39 is 0 Å². The molecule has 0 saturated heterocycles. The molecular formula is C53H37N3O. The van der Waals surface area contributed by atoms with Crippen molar-refractivity contribution < 1.29 is 4.42 Å². The monoisotopic (exact) mass is 731 g/mol. The van der Waals surface area contributed by atoms with E-state index in [-0.39, 0.29) is 0 Å². The van der Waals surface area contributed by atoms with Gasteiger partial charge in [0.25, 0.3) is 0 Å². The number of para-hydroxylation sites is 2. The van der Waals surface area contributed by atoms with Gasteiger partial charge in [-0.1, -0.05) is 146 Å². The van der Waals surface area contributed by atoms with E-state index in [2.05, 4.69) is 145 Å². The maximum absolute atomic E-state index is 6.49. The summed E-state index contributed by atoms with van der Waals surface area (Å²) in [4.78, 5) is 10.3. The topological polar surface area (TPSA) is 42.8 Å². The second kappa shape index (κ2) is 14.3. The van der Waals surface area contributed by atoms with Gasteiger partial charge in [-0.15, -0.1) is 0 Å². The lowest BCUT2D eigenvalue weighted by molar-refractivity contribution is 0.669. The number of benzene rings is 8. The molecule has 0 amide bonds. The maximum atomic E-state index is 6.49. The fourth-order valence-corrected chi connectivity index (χ4v) is 7.95. The van der Waals surface area contributed by atoms with Crippen molar-refractivity contribution in [2.75, 3.05) is 0 Å². The first-order chi connectivity index (χ1) is 28.1. The quantitative estimate of drug-likeness (QED) is 0.119. The molecule has 0 unspecified atom stereocenters. The molecule has 0 bridgehead atoms. The van der Waals surface area contributed by atoms with Crippen LogP contribution in [-0.2, 0) is 0 Å². The molecule has 10 rings (SSSR count). The van der Waals surface area contributed by atoms with Crippen LogP contribution >= 0.6 is 0 Å². The van der Waals surface area contributed by atoms with E-state index in [0.29, 0.717) is 11.5 Å². The van der Waals surface area contributed by atoms with Crippen molar-refractivity contribution in [2.24, 2.45) is 9.98 Å². The van der Waals surface area contributed by atoms with Gasteiger partial charge in [-0.3, -0.25) is 0 Å². The largest absolute Gasteiger partial charge is 0.456 e. The first-order valence-electron chi connectivity index (χ1n) is 19.2. The lowest BCUT2D eigenvalue weighted by Crippen LogP contribution is -2.05. The SMILES string of the molecule is C=C(/N=C(\N=C(/C)c1ccccc1)c1cccc2oc3ccc(-c4cccc(-c5ccc6c(c5)c5ccccc5n6-c5ccccc5)c4)cc3c12)c1ccccc1. The summed E-state index contributed by atoms with van der Waals surface area (Å²) in [5, 5.41) is 4.44. The minimum atomic E-state index is 0.579. The molecule has 270 valence electrons. The lowest BCUT2D eigenvalue weighted by atomic mass is 9.96. The van der Waals surface area contributed by atoms with Gasteiger partial charge < -0.3 is 8.98 Å². The summed E-state index contributed by atoms with van der Waals surface area (Å²) in [6, 6.07) is 67.6. The lowest BCUT2D eigenvalue weighted by Gasteiger charge is -2.10. The summed E-state index contributed by atoms with van der Waals surface area (Å²) < 4.78 is 8.84. The second-order valence-electron chi connectivity index (χ2n) is 14.3. The van der Waals surface area contributed by atoms with E-state index in [9.17, 15) is 0 Å². The van der Waals surface area contributed by atoms with Gasteiger partial charge in [-0.2, -0.15) is 0 Å². The number of nitrogens with zero attached hydrogens (tertiary/aromatic N) is 3. The molecule has 0 aliphatic heterocycles. The van der Waals surface area contributed by atoms with Crippen LogP contribution in [0.3, 0.4) is 0 Å². The maximum Gasteiger partial charge on any atom is 0.160 e. The van der Waals surface area contributed by atoms with Crippen molar-refractivity contribution in [2.45, 2.75) is 6.92 Å². The number of amidine groups is 1. The highest BCUT2D eigenvalue weighted by atomic mass is 16.3. The molecule has 8 aromatic carbocycles. The van der Waals surface area contributed by atoms with Gasteiger partial charge in [-0.25, -0.2) is 9.98 Å². The Kier molecular flexibility index (Phi) is 8.50. The average Bonchev–Trinajstić information content (AvgIpc) is 3.82. The molecule has 0 radical (unpaired) electrons. The summed E-state index contributed by atoms with van der Waals surface area (Å²) >= 11 is 0. The first-order valence-corrected chi connectivity index (χ1v) is 19.2. The second-order valence-corrected chi connectivity index (χ2v) is 14.3. The Morgan fingerprint density at radius 3 is 1.82 bits per heavy atom. The van der Waals surface area contributed by atoms with E-state index in [1.54, 1.807) is 0 Å². The molecule has 0 atom stereocenters. The number of aliphatic imine (C=N–C) groups is 2. The van der Waals surface area contributed by atoms with Crippen LogP contribution in [0.1, 0.15) is 23.6 Å². The molecule has 0 aliphatic rings. The molecule has 0 fully saturated rings. The number of hydrogen-bond acceptors (Lipinski definition) is 2. The van der Waals surface area contributed by atoms with Crippen molar-refractivity contribution in [3.63, 3.8) is 0 Å². The Morgan fingerprint density at radius 2 is 1.07 bits per heavy atom. The predicted octanol–water partition coefficient (Wildman–Crippen LogP) is 13.9. The highest BCUT2D eigenvalue weighted by molar-refractivity contribution is 6.22. The minimum Gasteiger partial charge on any atom is -0.456 e. The summed E-state index contributed by atoms with van der Waals surface area (Å²) in [5.74, 6) is 0.579. The van der Waals surface area contributed by atoms with Crippen LogP contribution in [0, 0.1) is 0 Å². The molecule has 4 nitrogen and oxygen atoms in total. The standard InChI is InChI=1S/C53H37N3O/c1-35(37-16-6-3-7-17-37)54-53(55-36(2)38-18-8-4-9-19-38)45-25-15-27-51-52(45)47-34-42(29-31-50(47)57-51)40-21-14-20-39(32-40)41-28-30-49-46(33-41)44-24-12-13-26-48(44)56(49)43-22-10-5-11-23-43/h3-34H,1H2,2H3/b54-53-,55-36+. The van der Waals surface area contributed by atoms with Gasteiger partial charge in [0.1, 0.15) is 11.2 Å². The number of hydrogen-bond donors (Lipinski definition) is 0. The third-order valence-electron chi connectivity index (χ3n) is 10.8. The summed E-state index contributed by atoms with van der Waals surface area (Å²) in [5.41, 5.74) is 14.0. The van der Waals surface area contributed by atoms with E-state index in [1.807, 2.05) is 67.6 Å². The summed E-state index contributed by atoms with van der Waals surface area (Å²) in [6.45, 7) is 6.37. The molecule has 0 aliphatic carbocycles. The number of fused-ring (bicyclic) bond motifs is 6. The highest BCUT2D eigenvalue weighted by Gasteiger charge is 2.18. The van der Waals surface area contributed by atoms with Crippen LogP contribution in [0.5, 0.6) is 0 Å². The number of rotatable bonds is 7. The van der Waals surface area contributed by atoms with Crippen molar-refractivity contribution >= 4 is 61.0 Å². The Labute approximate surface area is 331 Å². The number of aromatic nitrogens is 1. The molecule has 10 aromatic rings. The van der Waals surface area contributed by atoms with E-state index in [0.717, 1.165) is 66.7 Å². The molecule has 0 N–H and O–H groups in total. The summed E-state index contributed by atoms with van der Waals surface area (Å²) in [7, 11) is 0. The van der Waals surface area contributed by atoms with Crippen LogP contribution in [-0.4, -0.2) is 16.1 Å². The van der Waals surface area contributed by atoms with Crippen molar-refractivity contribution in [1.82, 2.24) is 4.57 Å². The molecule has 57 heavy (non-hydrogen) atoms. The highest BCUT2D eigenvalue weighted by Crippen LogP contribution is 2.38. The number of furan rings is 1. The van der Waals surface area contributed by atoms with Crippen LogP contribution in [0.15, 0.2) is 215 Å². The zero-order valence-electron chi connectivity index (χ0n) is 31.4. The third-order valence-corrected chi connectivity index (χ3v) is 10.8. The van der Waals surface area contributed by atoms with Crippen molar-refractivity contribution in [3.8, 4) is 27.9 Å². The molecule has 0 spiro atoms. The van der Waals surface area contributed by atoms with Crippen LogP contribution in [0.4, 0.5) is 0 Å². The Hall–Kier alpha value is -7.56. The van der Waals surface area contributed by atoms with Crippen LogP contribution in [0.25, 0.3) is 77.4 Å². The fraction of sp³-hybridized carbons (Fsp3) is 0.0189. The Morgan fingerprint density at radius 1 is 0.474 bits per heavy atom. The van der Waals surface area contributed by atoms with E-state index in [4.69, 9.17) is 14.4 Å². The predicted molar refractivity (Wildman–Crippen MR) is 240 cm³/mol. The van der Waals surface area contributed by atoms with Gasteiger partial charge in [0, 0.05) is 38.5 Å². The van der Waals surface area contributed by atoms with Gasteiger partial charge in [0.05, 0.1) is 16.7 Å². The zero-order valence-corrected chi connectivity index (χ0v) is 31.4. The van der Waals surface area contributed by atoms with Gasteiger partial charge >= 0.3 is 0 Å². The molecule has 4 heteroatoms. The van der Waals surface area contributed by atoms with E-state index in [1.165, 1.54) is 27.4 Å². The fourth-order valence-electron chi connectivity index (χ4n) is 7.95. The minimum absolute atomic E-state index is 0.579. The zero-order chi connectivity index (χ0) is 38.3. The van der Waals surface area contributed by atoms with Crippen LogP contribution < -0.4 is 0 Å². The van der Waals surface area contributed by atoms with E-state index >= 15 is 0 Å². The Bertz CT molecular complexity index is 3190. The normalized spacial score (nSPS) is 12.2.